The molecule has 0 radical (unpaired) electrons. The SMILES string of the molecule is O=C([O-])C(=CNc1ncnc2ccc(N(CCO)CCO)cc12)C(=O)[O-]. The van der Waals surface area contributed by atoms with Crippen molar-refractivity contribution in [1.82, 2.24) is 9.97 Å². The van der Waals surface area contributed by atoms with Gasteiger partial charge in [0.2, 0.25) is 0 Å². The lowest BCUT2D eigenvalue weighted by molar-refractivity contribution is -0.312. The Morgan fingerprint density at radius 3 is 2.35 bits per heavy atom. The van der Waals surface area contributed by atoms with Gasteiger partial charge in [0.15, 0.2) is 0 Å². The van der Waals surface area contributed by atoms with Crippen molar-refractivity contribution in [2.45, 2.75) is 0 Å². The number of carbonyl (C=O) groups is 2. The van der Waals surface area contributed by atoms with Crippen LogP contribution < -0.4 is 20.4 Å². The van der Waals surface area contributed by atoms with Crippen LogP contribution in [0.5, 0.6) is 0 Å². The molecule has 26 heavy (non-hydrogen) atoms. The summed E-state index contributed by atoms with van der Waals surface area (Å²) in [6.45, 7) is 0.361. The van der Waals surface area contributed by atoms with Gasteiger partial charge >= 0.3 is 0 Å². The summed E-state index contributed by atoms with van der Waals surface area (Å²) >= 11 is 0. The summed E-state index contributed by atoms with van der Waals surface area (Å²) in [5, 5.41) is 42.9. The van der Waals surface area contributed by atoms with Crippen LogP contribution in [0.4, 0.5) is 11.5 Å². The molecule has 0 aliphatic rings. The Morgan fingerprint density at radius 1 is 1.12 bits per heavy atom. The zero-order valence-electron chi connectivity index (χ0n) is 13.6. The van der Waals surface area contributed by atoms with E-state index in [2.05, 4.69) is 15.3 Å². The molecule has 138 valence electrons. The molecule has 3 N–H and O–H groups in total. The van der Waals surface area contributed by atoms with Crippen molar-refractivity contribution in [2.75, 3.05) is 36.5 Å². The van der Waals surface area contributed by atoms with Crippen LogP contribution >= 0.6 is 0 Å². The summed E-state index contributed by atoms with van der Waals surface area (Å²) in [5.41, 5.74) is 0.133. The van der Waals surface area contributed by atoms with Crippen LogP contribution in [0, 0.1) is 0 Å². The number of aliphatic hydroxyl groups is 2. The Morgan fingerprint density at radius 2 is 1.77 bits per heavy atom. The number of nitrogens with one attached hydrogen (secondary N) is 1. The van der Waals surface area contributed by atoms with Gasteiger partial charge in [-0.25, -0.2) is 9.97 Å². The molecule has 0 aliphatic heterocycles. The van der Waals surface area contributed by atoms with Crippen LogP contribution in [-0.4, -0.2) is 58.4 Å². The number of nitrogens with zero attached hydrogens (tertiary/aromatic N) is 3. The molecule has 0 amide bonds. The quantitative estimate of drug-likeness (QED) is 0.242. The third-order valence-corrected chi connectivity index (χ3v) is 3.52. The van der Waals surface area contributed by atoms with Gasteiger partial charge in [0, 0.05) is 35.9 Å². The Balaban J connectivity index is 2.44. The maximum Gasteiger partial charge on any atom is 0.141 e. The first-order valence-corrected chi connectivity index (χ1v) is 7.58. The Bertz CT molecular complexity index is 817. The molecule has 1 aromatic heterocycles. The monoisotopic (exact) mass is 360 g/mol. The summed E-state index contributed by atoms with van der Waals surface area (Å²) in [4.78, 5) is 31.4. The van der Waals surface area contributed by atoms with Crippen LogP contribution in [0.25, 0.3) is 10.9 Å². The largest absolute Gasteiger partial charge is 0.545 e. The van der Waals surface area contributed by atoms with Crippen molar-refractivity contribution >= 4 is 34.3 Å². The predicted molar refractivity (Wildman–Crippen MR) is 87.6 cm³/mol. The number of aromatic nitrogens is 2. The first-order valence-electron chi connectivity index (χ1n) is 7.58. The topological polar surface area (TPSA) is 162 Å². The van der Waals surface area contributed by atoms with Crippen molar-refractivity contribution in [1.29, 1.82) is 0 Å². The maximum atomic E-state index is 10.8. The number of carboxylic acid groups (broad SMARTS) is 2. The van der Waals surface area contributed by atoms with E-state index in [1.165, 1.54) is 6.33 Å². The van der Waals surface area contributed by atoms with Gasteiger partial charge in [-0.2, -0.15) is 0 Å². The zero-order chi connectivity index (χ0) is 19.1. The van der Waals surface area contributed by atoms with Crippen LogP contribution in [0.15, 0.2) is 36.3 Å². The van der Waals surface area contributed by atoms with Crippen LogP contribution in [-0.2, 0) is 9.59 Å². The fourth-order valence-electron chi connectivity index (χ4n) is 2.31. The number of aliphatic carboxylic acids is 2. The minimum atomic E-state index is -1.89. The summed E-state index contributed by atoms with van der Waals surface area (Å²) < 4.78 is 0. The smallest absolute Gasteiger partial charge is 0.141 e. The van der Waals surface area contributed by atoms with Gasteiger partial charge < -0.3 is 40.2 Å². The molecule has 0 aliphatic carbocycles. The van der Waals surface area contributed by atoms with Gasteiger partial charge in [0.25, 0.3) is 0 Å². The second-order valence-corrected chi connectivity index (χ2v) is 5.14. The minimum Gasteiger partial charge on any atom is -0.545 e. The number of carbonyl (C=O) groups excluding carboxylic acids is 2. The third kappa shape index (κ3) is 4.43. The molecule has 0 bridgehead atoms. The number of benzene rings is 1. The number of anilines is 2. The van der Waals surface area contributed by atoms with E-state index in [0.717, 1.165) is 6.20 Å². The predicted octanol–water partition coefficient (Wildman–Crippen LogP) is -2.78. The summed E-state index contributed by atoms with van der Waals surface area (Å²) in [6.07, 6.45) is 1.95. The summed E-state index contributed by atoms with van der Waals surface area (Å²) in [6, 6.07) is 5.10. The van der Waals surface area contributed by atoms with Crippen molar-refractivity contribution in [2.24, 2.45) is 0 Å². The van der Waals surface area contributed by atoms with Crippen LogP contribution in [0.2, 0.25) is 0 Å². The molecule has 0 saturated heterocycles. The Kier molecular flexibility index (Phi) is 6.42. The van der Waals surface area contributed by atoms with Crippen molar-refractivity contribution < 1.29 is 30.0 Å². The highest BCUT2D eigenvalue weighted by molar-refractivity contribution is 6.11. The van der Waals surface area contributed by atoms with E-state index < -0.39 is 17.5 Å². The molecule has 1 aromatic carbocycles. The van der Waals surface area contributed by atoms with E-state index in [9.17, 15) is 19.8 Å². The molecule has 0 spiro atoms. The van der Waals surface area contributed by atoms with E-state index in [1.54, 1.807) is 23.1 Å². The maximum absolute atomic E-state index is 10.8. The molecule has 10 heteroatoms. The van der Waals surface area contributed by atoms with Crippen LogP contribution in [0.3, 0.4) is 0 Å². The lowest BCUT2D eigenvalue weighted by atomic mass is 10.2. The highest BCUT2D eigenvalue weighted by Crippen LogP contribution is 2.25. The number of aliphatic hydroxyl groups excluding tert-OH is 2. The van der Waals surface area contributed by atoms with Gasteiger partial charge in [0.05, 0.1) is 30.7 Å². The fraction of sp³-hybridized carbons (Fsp3) is 0.250. The zero-order valence-corrected chi connectivity index (χ0v) is 13.6. The van der Waals surface area contributed by atoms with E-state index in [0.29, 0.717) is 29.7 Å². The highest BCUT2D eigenvalue weighted by atomic mass is 16.4. The molecule has 10 nitrogen and oxygen atoms in total. The summed E-state index contributed by atoms with van der Waals surface area (Å²) in [5.74, 6) is -3.62. The first kappa shape index (κ1) is 19.1. The number of hydrogen-bond donors (Lipinski definition) is 3. The molecule has 2 rings (SSSR count). The van der Waals surface area contributed by atoms with Crippen molar-refractivity contribution in [3.63, 3.8) is 0 Å². The normalized spacial score (nSPS) is 10.4. The second-order valence-electron chi connectivity index (χ2n) is 5.14. The van der Waals surface area contributed by atoms with E-state index in [-0.39, 0.29) is 19.0 Å². The average Bonchev–Trinajstić information content (AvgIpc) is 2.61. The minimum absolute atomic E-state index is 0.113. The van der Waals surface area contributed by atoms with Gasteiger partial charge in [-0.05, 0) is 18.2 Å². The van der Waals surface area contributed by atoms with Gasteiger partial charge in [0.1, 0.15) is 12.1 Å². The van der Waals surface area contributed by atoms with Crippen molar-refractivity contribution in [3.05, 3.63) is 36.3 Å². The third-order valence-electron chi connectivity index (χ3n) is 3.52. The lowest BCUT2D eigenvalue weighted by Gasteiger charge is -2.23. The number of fused-ring (bicyclic) bond motifs is 1. The number of carboxylic acids is 2. The second kappa shape index (κ2) is 8.74. The average molecular weight is 360 g/mol. The Labute approximate surface area is 148 Å². The molecule has 0 atom stereocenters. The van der Waals surface area contributed by atoms with E-state index in [1.807, 2.05) is 0 Å². The van der Waals surface area contributed by atoms with Gasteiger partial charge in [-0.3, -0.25) is 0 Å². The standard InChI is InChI=1S/C16H18N4O6/c21-5-3-20(4-6-22)10-1-2-13-11(7-10)14(19-9-18-13)17-8-12(15(23)24)16(25)26/h1-2,7-9,21-22H,3-6H2,(H,23,24)(H,25,26)(H,17,18,19)/p-2. The van der Waals surface area contributed by atoms with E-state index in [4.69, 9.17) is 10.2 Å². The van der Waals surface area contributed by atoms with Gasteiger partial charge in [-0.15, -0.1) is 0 Å². The highest BCUT2D eigenvalue weighted by Gasteiger charge is 2.10. The lowest BCUT2D eigenvalue weighted by Crippen LogP contribution is -2.36. The number of rotatable bonds is 9. The first-order chi connectivity index (χ1) is 12.5. The molecular formula is C16H16N4O6-2. The van der Waals surface area contributed by atoms with Crippen molar-refractivity contribution in [3.8, 4) is 0 Å². The molecule has 0 saturated carbocycles. The fourth-order valence-corrected chi connectivity index (χ4v) is 2.31. The van der Waals surface area contributed by atoms with E-state index >= 15 is 0 Å². The molecular weight excluding hydrogens is 344 g/mol. The molecule has 1 heterocycles. The summed E-state index contributed by atoms with van der Waals surface area (Å²) in [7, 11) is 0. The Hall–Kier alpha value is -3.24. The van der Waals surface area contributed by atoms with Crippen LogP contribution in [0.1, 0.15) is 0 Å². The molecule has 2 aromatic rings. The molecule has 0 unspecified atom stereocenters. The van der Waals surface area contributed by atoms with Gasteiger partial charge in [-0.1, -0.05) is 0 Å². The number of hydrogen-bond acceptors (Lipinski definition) is 10. The molecule has 0 fully saturated rings.